The van der Waals surface area contributed by atoms with Crippen LogP contribution in [0.5, 0.6) is 0 Å². The van der Waals surface area contributed by atoms with Crippen LogP contribution in [0.25, 0.3) is 27.5 Å². The Bertz CT molecular complexity index is 2430. The van der Waals surface area contributed by atoms with Crippen LogP contribution in [-0.4, -0.2) is 4.57 Å². The molecule has 52 heavy (non-hydrogen) atoms. The average molecular weight is 675 g/mol. The van der Waals surface area contributed by atoms with E-state index in [9.17, 15) is 0 Å². The maximum atomic E-state index is 2.61. The lowest BCUT2D eigenvalue weighted by Crippen LogP contribution is -2.46. The van der Waals surface area contributed by atoms with Gasteiger partial charge in [-0.3, -0.25) is 0 Å². The minimum absolute atomic E-state index is 0.107. The Morgan fingerprint density at radius 1 is 0.538 bits per heavy atom. The third-order valence-corrected chi connectivity index (χ3v) is 14.2. The molecule has 0 N–H and O–H groups in total. The van der Waals surface area contributed by atoms with E-state index in [1.54, 1.807) is 16.7 Å². The number of hydrogen-bond acceptors (Lipinski definition) is 1. The average Bonchev–Trinajstić information content (AvgIpc) is 3.78. The second kappa shape index (κ2) is 11.0. The van der Waals surface area contributed by atoms with E-state index in [-0.39, 0.29) is 10.8 Å². The molecule has 1 spiro atoms. The molecular formula is C50H46N2. The van der Waals surface area contributed by atoms with Crippen molar-refractivity contribution in [2.24, 2.45) is 23.7 Å². The van der Waals surface area contributed by atoms with E-state index in [1.807, 2.05) is 0 Å². The first kappa shape index (κ1) is 30.5. The molecule has 2 bridgehead atoms. The van der Waals surface area contributed by atoms with Crippen molar-refractivity contribution in [3.05, 3.63) is 168 Å². The van der Waals surface area contributed by atoms with E-state index < -0.39 is 0 Å². The van der Waals surface area contributed by atoms with Gasteiger partial charge in [0.2, 0.25) is 0 Å². The monoisotopic (exact) mass is 674 g/mol. The van der Waals surface area contributed by atoms with Crippen LogP contribution in [0.1, 0.15) is 74.6 Å². The van der Waals surface area contributed by atoms with E-state index in [4.69, 9.17) is 0 Å². The molecule has 3 fully saturated rings. The number of hydrogen-bond donors (Lipinski definition) is 0. The summed E-state index contributed by atoms with van der Waals surface area (Å²) in [6.45, 7) is 7.54. The van der Waals surface area contributed by atoms with Gasteiger partial charge in [0, 0.05) is 44.4 Å². The van der Waals surface area contributed by atoms with Crippen LogP contribution in [-0.2, 0) is 10.8 Å². The second-order valence-corrected chi connectivity index (χ2v) is 17.1. The maximum absolute atomic E-state index is 2.61. The van der Waals surface area contributed by atoms with Gasteiger partial charge in [-0.05, 0) is 138 Å². The molecule has 7 aromatic rings. The van der Waals surface area contributed by atoms with Crippen molar-refractivity contribution in [2.75, 3.05) is 4.90 Å². The molecule has 2 heteroatoms. The first-order valence-corrected chi connectivity index (χ1v) is 19.6. The summed E-state index contributed by atoms with van der Waals surface area (Å²) in [6.07, 6.45) is 5.55. The number of fused-ring (bicyclic) bond motifs is 5. The number of rotatable bonds is 4. The van der Waals surface area contributed by atoms with Crippen LogP contribution in [0, 0.1) is 23.7 Å². The zero-order valence-corrected chi connectivity index (χ0v) is 30.5. The Morgan fingerprint density at radius 3 is 1.81 bits per heavy atom. The number of anilines is 3. The zero-order chi connectivity index (χ0) is 34.8. The highest BCUT2D eigenvalue weighted by Crippen LogP contribution is 2.75. The molecule has 11 rings (SSSR count). The van der Waals surface area contributed by atoms with Crippen LogP contribution in [0.2, 0.25) is 0 Å². The summed E-state index contributed by atoms with van der Waals surface area (Å²) in [5.74, 6) is 3.81. The summed E-state index contributed by atoms with van der Waals surface area (Å²) in [5.41, 5.74) is 13.8. The molecule has 6 atom stereocenters. The largest absolute Gasteiger partial charge is 0.310 e. The summed E-state index contributed by atoms with van der Waals surface area (Å²) in [6, 6.07) is 55.0. The lowest BCUT2D eigenvalue weighted by molar-refractivity contribution is 0.0822. The third-order valence-electron chi connectivity index (χ3n) is 14.2. The molecule has 0 saturated heterocycles. The van der Waals surface area contributed by atoms with Gasteiger partial charge in [-0.2, -0.15) is 0 Å². The summed E-state index contributed by atoms with van der Waals surface area (Å²) < 4.78 is 2.41. The minimum Gasteiger partial charge on any atom is -0.310 e. The molecule has 2 nitrogen and oxygen atoms in total. The Labute approximate surface area is 307 Å². The van der Waals surface area contributed by atoms with Gasteiger partial charge in [0.25, 0.3) is 0 Å². The van der Waals surface area contributed by atoms with Gasteiger partial charge in [-0.1, -0.05) is 106 Å². The molecule has 1 heterocycles. The molecule has 6 aromatic carbocycles. The predicted molar refractivity (Wildman–Crippen MR) is 217 cm³/mol. The van der Waals surface area contributed by atoms with Gasteiger partial charge < -0.3 is 9.47 Å². The molecule has 4 unspecified atom stereocenters. The first-order chi connectivity index (χ1) is 25.4. The van der Waals surface area contributed by atoms with Crippen molar-refractivity contribution in [2.45, 2.75) is 63.2 Å². The van der Waals surface area contributed by atoms with E-state index >= 15 is 0 Å². The molecule has 4 aliphatic carbocycles. The van der Waals surface area contributed by atoms with Crippen molar-refractivity contribution in [1.82, 2.24) is 4.57 Å². The lowest BCUT2D eigenvalue weighted by Gasteiger charge is -2.51. The highest BCUT2D eigenvalue weighted by atomic mass is 15.1. The predicted octanol–water partition coefficient (Wildman–Crippen LogP) is 13.0. The van der Waals surface area contributed by atoms with Crippen molar-refractivity contribution < 1.29 is 0 Å². The standard InChI is InChI=1S/C50H46N2/c1-32-27-34-29-33-30-35(28-32)50(34)44-26-25-39(31-45(44)49(2,3)43-18-10-7-17-42(43)48(33)50)51(36-13-5-4-6-14-36)37-21-23-38(24-22-37)52-46-19-11-8-15-40(46)41-16-9-12-20-47(41)52/h4-26,31-35,48H,27-30H2,1-3H3/t32?,33?,34-,35+,48?,50?. The van der Waals surface area contributed by atoms with Crippen LogP contribution >= 0.6 is 0 Å². The van der Waals surface area contributed by atoms with Gasteiger partial charge in [-0.25, -0.2) is 0 Å². The lowest BCUT2D eigenvalue weighted by atomic mass is 9.53. The molecule has 0 amide bonds. The van der Waals surface area contributed by atoms with Crippen molar-refractivity contribution >= 4 is 38.9 Å². The van der Waals surface area contributed by atoms with Crippen molar-refractivity contribution in [1.29, 1.82) is 0 Å². The van der Waals surface area contributed by atoms with Crippen molar-refractivity contribution in [3.8, 4) is 5.69 Å². The summed E-state index contributed by atoms with van der Waals surface area (Å²) in [7, 11) is 0. The van der Waals surface area contributed by atoms with Crippen LogP contribution in [0.3, 0.4) is 0 Å². The number of nitrogens with zero attached hydrogens (tertiary/aromatic N) is 2. The quantitative estimate of drug-likeness (QED) is 0.180. The Kier molecular flexibility index (Phi) is 6.44. The van der Waals surface area contributed by atoms with Crippen LogP contribution < -0.4 is 4.90 Å². The van der Waals surface area contributed by atoms with Gasteiger partial charge in [0.1, 0.15) is 0 Å². The van der Waals surface area contributed by atoms with E-state index in [1.165, 1.54) is 75.8 Å². The fourth-order valence-corrected chi connectivity index (χ4v) is 12.5. The van der Waals surface area contributed by atoms with Gasteiger partial charge in [0.05, 0.1) is 11.0 Å². The molecule has 0 aliphatic heterocycles. The summed E-state index contributed by atoms with van der Waals surface area (Å²) in [4.78, 5) is 2.48. The minimum atomic E-state index is -0.107. The molecule has 256 valence electrons. The Balaban J connectivity index is 1.09. The Hall–Kier alpha value is -5.08. The fourth-order valence-electron chi connectivity index (χ4n) is 12.5. The fraction of sp³-hybridized carbons (Fsp3) is 0.280. The Morgan fingerprint density at radius 2 is 1.12 bits per heavy atom. The van der Waals surface area contributed by atoms with E-state index in [0.29, 0.717) is 5.92 Å². The SMILES string of the molecule is CC1C[C@@H]2CC3C[C@H](C1)C21c2ccc(N(c4ccccc4)c4ccc(-n5c6ccccc6c6ccccc65)cc4)cc2C(C)(C)c2ccccc2C31. The number of para-hydroxylation sites is 3. The highest BCUT2D eigenvalue weighted by Gasteiger charge is 2.68. The van der Waals surface area contributed by atoms with Crippen molar-refractivity contribution in [3.63, 3.8) is 0 Å². The van der Waals surface area contributed by atoms with E-state index in [2.05, 4.69) is 176 Å². The molecule has 0 radical (unpaired) electrons. The first-order valence-electron chi connectivity index (χ1n) is 19.6. The number of benzene rings is 6. The second-order valence-electron chi connectivity index (χ2n) is 17.1. The van der Waals surface area contributed by atoms with Gasteiger partial charge >= 0.3 is 0 Å². The third kappa shape index (κ3) is 4.01. The van der Waals surface area contributed by atoms with Crippen LogP contribution in [0.15, 0.2) is 146 Å². The summed E-state index contributed by atoms with van der Waals surface area (Å²) in [5, 5.41) is 2.58. The topological polar surface area (TPSA) is 8.17 Å². The normalized spacial score (nSPS) is 26.5. The van der Waals surface area contributed by atoms with Crippen LogP contribution in [0.4, 0.5) is 17.1 Å². The summed E-state index contributed by atoms with van der Waals surface area (Å²) >= 11 is 0. The highest BCUT2D eigenvalue weighted by molar-refractivity contribution is 6.09. The van der Waals surface area contributed by atoms with Gasteiger partial charge in [-0.15, -0.1) is 0 Å². The van der Waals surface area contributed by atoms with Gasteiger partial charge in [0.15, 0.2) is 0 Å². The zero-order valence-electron chi connectivity index (χ0n) is 30.5. The number of aromatic nitrogens is 1. The molecule has 1 aromatic heterocycles. The molecule has 4 aliphatic rings. The molecular weight excluding hydrogens is 629 g/mol. The maximum Gasteiger partial charge on any atom is 0.0541 e. The van der Waals surface area contributed by atoms with E-state index in [0.717, 1.165) is 23.7 Å². The molecule has 3 saturated carbocycles. The smallest absolute Gasteiger partial charge is 0.0541 e.